The van der Waals surface area contributed by atoms with Crippen molar-refractivity contribution in [2.24, 2.45) is 5.92 Å². The second-order valence-corrected chi connectivity index (χ2v) is 7.40. The fourth-order valence-corrected chi connectivity index (χ4v) is 4.11. The average Bonchev–Trinajstić information content (AvgIpc) is 3.15. The van der Waals surface area contributed by atoms with E-state index in [1.54, 1.807) is 7.05 Å². The van der Waals surface area contributed by atoms with Crippen LogP contribution in [-0.4, -0.2) is 47.1 Å². The highest BCUT2D eigenvalue weighted by Crippen LogP contribution is 2.44. The largest absolute Gasteiger partial charge is 0.417 e. The molecular formula is C19H16ClF3N4O3. The molecule has 2 aromatic rings. The summed E-state index contributed by atoms with van der Waals surface area (Å²) >= 11 is 5.98. The number of carbonyl (C=O) groups is 2. The molecule has 11 heteroatoms. The van der Waals surface area contributed by atoms with Crippen LogP contribution < -0.4 is 5.01 Å². The van der Waals surface area contributed by atoms with E-state index in [1.807, 2.05) is 30.3 Å². The minimum Gasteiger partial charge on any atom is -0.284 e. The highest BCUT2D eigenvalue weighted by Gasteiger charge is 2.60. The summed E-state index contributed by atoms with van der Waals surface area (Å²) in [5, 5.41) is 3.00. The minimum absolute atomic E-state index is 0.157. The fourth-order valence-electron chi connectivity index (χ4n) is 3.82. The van der Waals surface area contributed by atoms with E-state index in [-0.39, 0.29) is 10.8 Å². The third-order valence-electron chi connectivity index (χ3n) is 5.18. The van der Waals surface area contributed by atoms with E-state index in [2.05, 4.69) is 4.98 Å². The van der Waals surface area contributed by atoms with Crippen molar-refractivity contribution in [2.75, 3.05) is 19.1 Å². The summed E-state index contributed by atoms with van der Waals surface area (Å²) < 4.78 is 38.6. The number of fused-ring (bicyclic) bond motifs is 1. The van der Waals surface area contributed by atoms with Gasteiger partial charge in [-0.2, -0.15) is 23.2 Å². The molecule has 0 unspecified atom stereocenters. The Morgan fingerprint density at radius 3 is 2.43 bits per heavy atom. The average molecular weight is 441 g/mol. The van der Waals surface area contributed by atoms with Crippen LogP contribution in [0.2, 0.25) is 5.02 Å². The number of nitrogens with zero attached hydrogens (tertiary/aromatic N) is 4. The molecule has 158 valence electrons. The highest BCUT2D eigenvalue weighted by atomic mass is 35.5. The zero-order chi connectivity index (χ0) is 21.8. The van der Waals surface area contributed by atoms with Crippen LogP contribution in [0.1, 0.15) is 17.2 Å². The Balaban J connectivity index is 1.66. The Morgan fingerprint density at radius 1 is 1.17 bits per heavy atom. The maximum Gasteiger partial charge on any atom is 0.417 e. The van der Waals surface area contributed by atoms with Crippen LogP contribution in [0.5, 0.6) is 0 Å². The maximum absolute atomic E-state index is 13.2. The highest BCUT2D eigenvalue weighted by molar-refractivity contribution is 6.33. The molecule has 0 N–H and O–H groups in total. The smallest absolute Gasteiger partial charge is 0.284 e. The molecule has 0 saturated carbocycles. The van der Waals surface area contributed by atoms with Gasteiger partial charge in [-0.25, -0.2) is 4.98 Å². The van der Waals surface area contributed by atoms with Gasteiger partial charge in [-0.1, -0.05) is 41.9 Å². The van der Waals surface area contributed by atoms with Crippen molar-refractivity contribution in [3.05, 3.63) is 58.7 Å². The van der Waals surface area contributed by atoms with Crippen LogP contribution in [0.25, 0.3) is 0 Å². The summed E-state index contributed by atoms with van der Waals surface area (Å²) in [5.74, 6) is -2.17. The number of halogens is 4. The molecular weight excluding hydrogens is 425 g/mol. The number of alkyl halides is 3. The Kier molecular flexibility index (Phi) is 4.95. The number of hydrazine groups is 1. The number of aromatic nitrogens is 1. The molecule has 3 heterocycles. The van der Waals surface area contributed by atoms with E-state index in [1.165, 1.54) is 12.1 Å². The van der Waals surface area contributed by atoms with Crippen LogP contribution in [0, 0.1) is 5.92 Å². The standard InChI is InChI=1S/C19H16ClF3N4O3/c1-25(16-12(20)8-11(9-24-16)19(21,22)23)27-17(28)13-14(10-6-4-3-5-7-10)26(2)30-15(13)18(27)29/h3-9,13-15H,1-2H3/t13-,14-,15-/m1/s1. The number of imide groups is 1. The molecule has 0 aliphatic carbocycles. The quantitative estimate of drug-likeness (QED) is 0.683. The second-order valence-electron chi connectivity index (χ2n) is 6.99. The molecule has 2 amide bonds. The lowest BCUT2D eigenvalue weighted by molar-refractivity contribution is -0.170. The molecule has 2 aliphatic heterocycles. The lowest BCUT2D eigenvalue weighted by Gasteiger charge is -2.30. The monoisotopic (exact) mass is 440 g/mol. The van der Waals surface area contributed by atoms with Crippen molar-refractivity contribution in [3.8, 4) is 0 Å². The van der Waals surface area contributed by atoms with Gasteiger partial charge < -0.3 is 0 Å². The molecule has 2 aliphatic rings. The molecule has 4 rings (SSSR count). The van der Waals surface area contributed by atoms with Crippen molar-refractivity contribution >= 4 is 29.2 Å². The van der Waals surface area contributed by atoms with Gasteiger partial charge in [-0.3, -0.25) is 19.4 Å². The molecule has 3 atom stereocenters. The number of anilines is 1. The second kappa shape index (κ2) is 7.22. The molecule has 0 bridgehead atoms. The van der Waals surface area contributed by atoms with E-state index in [0.717, 1.165) is 15.6 Å². The van der Waals surface area contributed by atoms with Crippen LogP contribution >= 0.6 is 11.6 Å². The van der Waals surface area contributed by atoms with Crippen molar-refractivity contribution in [1.29, 1.82) is 0 Å². The number of amides is 2. The molecule has 2 fully saturated rings. The number of hydrogen-bond donors (Lipinski definition) is 0. The number of pyridine rings is 1. The van der Waals surface area contributed by atoms with Gasteiger partial charge in [-0.05, 0) is 11.6 Å². The lowest BCUT2D eigenvalue weighted by atomic mass is 9.91. The number of benzene rings is 1. The van der Waals surface area contributed by atoms with Gasteiger partial charge in [0, 0.05) is 20.3 Å². The Bertz CT molecular complexity index is 1000. The van der Waals surface area contributed by atoms with Crippen molar-refractivity contribution in [1.82, 2.24) is 15.1 Å². The van der Waals surface area contributed by atoms with E-state index < -0.39 is 41.6 Å². The van der Waals surface area contributed by atoms with E-state index in [9.17, 15) is 22.8 Å². The lowest BCUT2D eigenvalue weighted by Crippen LogP contribution is -2.47. The van der Waals surface area contributed by atoms with Gasteiger partial charge in [0.25, 0.3) is 11.8 Å². The topological polar surface area (TPSA) is 66.0 Å². The first-order chi connectivity index (χ1) is 14.1. The first-order valence-electron chi connectivity index (χ1n) is 8.90. The summed E-state index contributed by atoms with van der Waals surface area (Å²) in [7, 11) is 2.97. The van der Waals surface area contributed by atoms with Gasteiger partial charge >= 0.3 is 6.18 Å². The number of carbonyl (C=O) groups excluding carboxylic acids is 2. The van der Waals surface area contributed by atoms with Gasteiger partial charge in [0.05, 0.1) is 22.5 Å². The Hall–Kier alpha value is -2.69. The van der Waals surface area contributed by atoms with Gasteiger partial charge in [0.2, 0.25) is 0 Å². The molecule has 2 saturated heterocycles. The Labute approximate surface area is 174 Å². The first kappa shape index (κ1) is 20.6. The normalized spacial score (nSPS) is 24.5. The van der Waals surface area contributed by atoms with Crippen LogP contribution in [-0.2, 0) is 20.6 Å². The van der Waals surface area contributed by atoms with Crippen LogP contribution in [0.3, 0.4) is 0 Å². The van der Waals surface area contributed by atoms with Crippen molar-refractivity contribution in [2.45, 2.75) is 18.3 Å². The Morgan fingerprint density at radius 2 is 1.83 bits per heavy atom. The molecule has 1 aromatic heterocycles. The minimum atomic E-state index is -4.62. The van der Waals surface area contributed by atoms with Crippen molar-refractivity contribution in [3.63, 3.8) is 0 Å². The summed E-state index contributed by atoms with van der Waals surface area (Å²) in [5.41, 5.74) is -0.237. The summed E-state index contributed by atoms with van der Waals surface area (Å²) in [6.07, 6.45) is -5.07. The number of hydroxylamine groups is 2. The molecule has 7 nitrogen and oxygen atoms in total. The molecule has 0 spiro atoms. The third-order valence-corrected chi connectivity index (χ3v) is 5.46. The number of rotatable bonds is 3. The first-order valence-corrected chi connectivity index (χ1v) is 9.28. The predicted octanol–water partition coefficient (Wildman–Crippen LogP) is 3.08. The van der Waals surface area contributed by atoms with E-state index >= 15 is 0 Å². The van der Waals surface area contributed by atoms with E-state index in [4.69, 9.17) is 16.4 Å². The third kappa shape index (κ3) is 3.21. The van der Waals surface area contributed by atoms with Crippen molar-refractivity contribution < 1.29 is 27.6 Å². The maximum atomic E-state index is 13.2. The van der Waals surface area contributed by atoms with Crippen LogP contribution in [0.4, 0.5) is 19.0 Å². The SMILES string of the molecule is CN1O[C@H]2C(=O)N(N(C)c3ncc(C(F)(F)F)cc3Cl)C(=O)[C@@H]2[C@H]1c1ccccc1. The zero-order valence-corrected chi connectivity index (χ0v) is 16.6. The molecule has 1 aromatic carbocycles. The fraction of sp³-hybridized carbons (Fsp3) is 0.316. The molecule has 0 radical (unpaired) electrons. The molecule has 30 heavy (non-hydrogen) atoms. The predicted molar refractivity (Wildman–Crippen MR) is 99.8 cm³/mol. The van der Waals surface area contributed by atoms with Gasteiger partial charge in [0.1, 0.15) is 0 Å². The van der Waals surface area contributed by atoms with Gasteiger partial charge in [0.15, 0.2) is 11.9 Å². The van der Waals surface area contributed by atoms with E-state index in [0.29, 0.717) is 12.3 Å². The van der Waals surface area contributed by atoms with Gasteiger partial charge in [-0.15, -0.1) is 0 Å². The zero-order valence-electron chi connectivity index (χ0n) is 15.8. The summed E-state index contributed by atoms with van der Waals surface area (Å²) in [6, 6.07) is 9.31. The summed E-state index contributed by atoms with van der Waals surface area (Å²) in [6.45, 7) is 0. The summed E-state index contributed by atoms with van der Waals surface area (Å²) in [4.78, 5) is 35.5. The number of hydrogen-bond acceptors (Lipinski definition) is 6. The van der Waals surface area contributed by atoms with Crippen LogP contribution in [0.15, 0.2) is 42.6 Å².